The Kier molecular flexibility index (Phi) is 10.8. The maximum absolute atomic E-state index is 12.6. The van der Waals surface area contributed by atoms with E-state index in [1.54, 1.807) is 13.2 Å². The third-order valence-electron chi connectivity index (χ3n) is 3.86. The number of rotatable bonds is 8. The van der Waals surface area contributed by atoms with E-state index in [1.165, 1.54) is 0 Å². The fourth-order valence-electron chi connectivity index (χ4n) is 2.63. The van der Waals surface area contributed by atoms with E-state index in [1.807, 2.05) is 19.1 Å². The van der Waals surface area contributed by atoms with Crippen molar-refractivity contribution >= 4 is 41.3 Å². The number of hydrogen-bond donors (Lipinski definition) is 2. The van der Waals surface area contributed by atoms with Crippen LogP contribution in [-0.4, -0.2) is 29.1 Å². The van der Waals surface area contributed by atoms with Crippen molar-refractivity contribution in [3.05, 3.63) is 40.0 Å². The number of alkyl halides is 3. The van der Waals surface area contributed by atoms with Gasteiger partial charge in [0, 0.05) is 31.2 Å². The van der Waals surface area contributed by atoms with Gasteiger partial charge in [-0.3, -0.25) is 4.99 Å². The van der Waals surface area contributed by atoms with E-state index in [0.29, 0.717) is 29.3 Å². The van der Waals surface area contributed by atoms with Crippen molar-refractivity contribution in [2.24, 2.45) is 10.9 Å². The van der Waals surface area contributed by atoms with Gasteiger partial charge < -0.3 is 15.4 Å². The highest BCUT2D eigenvalue weighted by molar-refractivity contribution is 14.0. The summed E-state index contributed by atoms with van der Waals surface area (Å²) < 4.78 is 43.7. The predicted molar refractivity (Wildman–Crippen MR) is 123 cm³/mol. The Morgan fingerprint density at radius 2 is 1.93 bits per heavy atom. The minimum absolute atomic E-state index is 0. The van der Waals surface area contributed by atoms with Gasteiger partial charge in [-0.05, 0) is 30.9 Å². The van der Waals surface area contributed by atoms with E-state index in [-0.39, 0.29) is 36.6 Å². The molecule has 11 heteroatoms. The summed E-state index contributed by atoms with van der Waals surface area (Å²) in [5.41, 5.74) is 0.0709. The van der Waals surface area contributed by atoms with E-state index in [0.717, 1.165) is 28.7 Å². The fourth-order valence-corrected chi connectivity index (χ4v) is 3.37. The number of ether oxygens (including phenoxy) is 1. The molecular weight excluding hydrogens is 530 g/mol. The number of halogens is 4. The molecule has 0 aromatic carbocycles. The first-order valence-electron chi connectivity index (χ1n) is 9.25. The lowest BCUT2D eigenvalue weighted by molar-refractivity contribution is -0.140. The first-order chi connectivity index (χ1) is 13.7. The summed E-state index contributed by atoms with van der Waals surface area (Å²) in [6.45, 7) is 6.91. The monoisotopic (exact) mass is 557 g/mol. The quantitative estimate of drug-likeness (QED) is 0.276. The van der Waals surface area contributed by atoms with Crippen LogP contribution in [0.2, 0.25) is 0 Å². The highest BCUT2D eigenvalue weighted by atomic mass is 127. The maximum atomic E-state index is 12.6. The third-order valence-corrected chi connectivity index (χ3v) is 4.71. The number of thiazole rings is 1. The van der Waals surface area contributed by atoms with Crippen molar-refractivity contribution in [2.45, 2.75) is 52.6 Å². The van der Waals surface area contributed by atoms with Crippen LogP contribution in [0.4, 0.5) is 13.2 Å². The van der Waals surface area contributed by atoms with Crippen molar-refractivity contribution < 1.29 is 17.9 Å². The van der Waals surface area contributed by atoms with E-state index < -0.39 is 11.9 Å². The maximum Gasteiger partial charge on any atom is 0.434 e. The molecule has 0 amide bonds. The van der Waals surface area contributed by atoms with Crippen LogP contribution in [0.15, 0.2) is 28.7 Å². The molecule has 0 bridgehead atoms. The Labute approximate surface area is 195 Å². The Morgan fingerprint density at radius 1 is 1.23 bits per heavy atom. The Bertz CT molecular complexity index is 813. The second kappa shape index (κ2) is 12.3. The summed E-state index contributed by atoms with van der Waals surface area (Å²) in [4.78, 5) is 11.9. The zero-order valence-corrected chi connectivity index (χ0v) is 20.4. The molecule has 0 radical (unpaired) electrons. The van der Waals surface area contributed by atoms with Gasteiger partial charge in [-0.25, -0.2) is 9.97 Å². The topological polar surface area (TPSA) is 71.4 Å². The summed E-state index contributed by atoms with van der Waals surface area (Å²) >= 11 is 0.954. The first-order valence-corrected chi connectivity index (χ1v) is 10.1. The van der Waals surface area contributed by atoms with Crippen LogP contribution in [0, 0.1) is 5.92 Å². The molecule has 0 spiro atoms. The van der Waals surface area contributed by atoms with Crippen molar-refractivity contribution in [3.63, 3.8) is 0 Å². The van der Waals surface area contributed by atoms with Gasteiger partial charge in [0.15, 0.2) is 11.7 Å². The lowest BCUT2D eigenvalue weighted by atomic mass is 10.1. The highest BCUT2D eigenvalue weighted by Gasteiger charge is 2.33. The molecule has 0 saturated heterocycles. The molecular formula is C19H27F3IN5OS. The van der Waals surface area contributed by atoms with Crippen LogP contribution in [-0.2, 0) is 19.3 Å². The summed E-state index contributed by atoms with van der Waals surface area (Å²) in [6, 6.07) is 3.71. The molecule has 0 saturated carbocycles. The number of nitrogens with one attached hydrogen (secondary N) is 2. The highest BCUT2D eigenvalue weighted by Crippen LogP contribution is 2.29. The molecule has 2 aromatic rings. The minimum atomic E-state index is -4.43. The smallest absolute Gasteiger partial charge is 0.434 e. The van der Waals surface area contributed by atoms with Crippen molar-refractivity contribution in [1.29, 1.82) is 0 Å². The second-order valence-corrected chi connectivity index (χ2v) is 7.91. The number of aromatic nitrogens is 2. The molecule has 30 heavy (non-hydrogen) atoms. The molecule has 0 aliphatic carbocycles. The summed E-state index contributed by atoms with van der Waals surface area (Å²) in [5, 5.41) is 7.42. The van der Waals surface area contributed by atoms with Crippen LogP contribution in [0.25, 0.3) is 0 Å². The zero-order valence-electron chi connectivity index (χ0n) is 17.3. The van der Waals surface area contributed by atoms with Gasteiger partial charge in [0.1, 0.15) is 5.01 Å². The average Bonchev–Trinajstić information content (AvgIpc) is 3.11. The van der Waals surface area contributed by atoms with Crippen LogP contribution in [0.1, 0.15) is 43.5 Å². The van der Waals surface area contributed by atoms with Crippen molar-refractivity contribution in [1.82, 2.24) is 20.6 Å². The third kappa shape index (κ3) is 9.02. The van der Waals surface area contributed by atoms with Gasteiger partial charge in [-0.15, -0.1) is 35.3 Å². The van der Waals surface area contributed by atoms with Gasteiger partial charge in [-0.2, -0.15) is 13.2 Å². The van der Waals surface area contributed by atoms with Crippen molar-refractivity contribution in [2.75, 3.05) is 7.05 Å². The van der Waals surface area contributed by atoms with E-state index >= 15 is 0 Å². The molecule has 2 heterocycles. The lowest BCUT2D eigenvalue weighted by Gasteiger charge is -2.16. The van der Waals surface area contributed by atoms with Crippen LogP contribution in [0.5, 0.6) is 5.88 Å². The number of guanidine groups is 1. The SMILES string of the molecule is CN=C(NCc1ccnc(OC(C)CC(C)C)c1)NCc1nc(C(F)(F)F)cs1.I. The number of pyridine rings is 1. The minimum Gasteiger partial charge on any atom is -0.475 e. The summed E-state index contributed by atoms with van der Waals surface area (Å²) in [5.74, 6) is 1.55. The molecule has 2 N–H and O–H groups in total. The van der Waals surface area contributed by atoms with E-state index in [4.69, 9.17) is 4.74 Å². The van der Waals surface area contributed by atoms with Crippen LogP contribution >= 0.6 is 35.3 Å². The lowest BCUT2D eigenvalue weighted by Crippen LogP contribution is -2.36. The zero-order chi connectivity index (χ0) is 21.4. The van der Waals surface area contributed by atoms with Gasteiger partial charge in [-0.1, -0.05) is 13.8 Å². The molecule has 1 atom stereocenters. The van der Waals surface area contributed by atoms with Crippen LogP contribution in [0.3, 0.4) is 0 Å². The molecule has 6 nitrogen and oxygen atoms in total. The molecule has 2 aromatic heterocycles. The Hall–Kier alpha value is -1.63. The van der Waals surface area contributed by atoms with Crippen LogP contribution < -0.4 is 15.4 Å². The molecule has 1 unspecified atom stereocenters. The van der Waals surface area contributed by atoms with Gasteiger partial charge in [0.2, 0.25) is 5.88 Å². The van der Waals surface area contributed by atoms with Gasteiger partial charge in [0.25, 0.3) is 0 Å². The normalized spacial score (nSPS) is 13.0. The standard InChI is InChI=1S/C19H26F3N5OS.HI/c1-12(2)7-13(3)28-16-8-14(5-6-24-16)9-25-18(23-4)26-10-17-27-15(11-29-17)19(20,21)22;/h5-6,8,11-13H,7,9-10H2,1-4H3,(H2,23,25,26);1H. The number of aliphatic imine (C=N–C) groups is 1. The molecule has 168 valence electrons. The molecule has 2 rings (SSSR count). The van der Waals surface area contributed by atoms with E-state index in [2.05, 4.69) is 39.4 Å². The Balaban J connectivity index is 0.00000450. The number of nitrogens with zero attached hydrogens (tertiary/aromatic N) is 3. The Morgan fingerprint density at radius 3 is 2.53 bits per heavy atom. The summed E-state index contributed by atoms with van der Waals surface area (Å²) in [7, 11) is 1.59. The van der Waals surface area contributed by atoms with Gasteiger partial charge >= 0.3 is 6.18 Å². The summed E-state index contributed by atoms with van der Waals surface area (Å²) in [6.07, 6.45) is -1.74. The largest absolute Gasteiger partial charge is 0.475 e. The second-order valence-electron chi connectivity index (χ2n) is 6.96. The first kappa shape index (κ1) is 26.4. The average molecular weight is 557 g/mol. The predicted octanol–water partition coefficient (Wildman–Crippen LogP) is 4.85. The molecule has 0 fully saturated rings. The van der Waals surface area contributed by atoms with Gasteiger partial charge in [0.05, 0.1) is 12.6 Å². The van der Waals surface area contributed by atoms with E-state index in [9.17, 15) is 13.2 Å². The number of hydrogen-bond acceptors (Lipinski definition) is 5. The van der Waals surface area contributed by atoms with Crippen molar-refractivity contribution in [3.8, 4) is 5.88 Å². The molecule has 0 aliphatic heterocycles. The molecule has 0 aliphatic rings. The fraction of sp³-hybridized carbons (Fsp3) is 0.526.